The summed E-state index contributed by atoms with van der Waals surface area (Å²) in [4.78, 5) is 28.1. The van der Waals surface area contributed by atoms with Crippen molar-refractivity contribution in [3.8, 4) is 11.9 Å². The number of fused-ring (bicyclic) bond motifs is 2. The second-order valence-corrected chi connectivity index (χ2v) is 7.59. The normalized spacial score (nSPS) is 13.8. The molecule has 4 aromatic rings. The number of pyridine rings is 1. The van der Waals surface area contributed by atoms with E-state index in [1.54, 1.807) is 42.9 Å². The first-order chi connectivity index (χ1) is 16.7. The van der Waals surface area contributed by atoms with Crippen LogP contribution >= 0.6 is 0 Å². The van der Waals surface area contributed by atoms with Crippen LogP contribution in [0.25, 0.3) is 10.9 Å². The minimum Gasteiger partial charge on any atom is -0.478 e. The van der Waals surface area contributed by atoms with E-state index in [-0.39, 0.29) is 18.1 Å². The van der Waals surface area contributed by atoms with E-state index in [4.69, 9.17) is 4.74 Å². The Morgan fingerprint density at radius 1 is 1.09 bits per heavy atom. The second-order valence-electron chi connectivity index (χ2n) is 7.59. The fourth-order valence-corrected chi connectivity index (χ4v) is 3.77. The average molecular weight is 485 g/mol. The van der Waals surface area contributed by atoms with Crippen molar-refractivity contribution in [3.05, 3.63) is 54.5 Å². The van der Waals surface area contributed by atoms with E-state index in [2.05, 4.69) is 24.8 Å². The molecule has 0 aliphatic carbocycles. The van der Waals surface area contributed by atoms with Gasteiger partial charge in [-0.25, -0.2) is 19.7 Å². The van der Waals surface area contributed by atoms with E-state index < -0.39 is 18.4 Å². The molecule has 0 fully saturated rings. The quantitative estimate of drug-likeness (QED) is 0.415. The van der Waals surface area contributed by atoms with Crippen LogP contribution < -0.4 is 19.3 Å². The molecule has 3 aromatic heterocycles. The summed E-state index contributed by atoms with van der Waals surface area (Å²) in [5.74, 6) is 0.569. The highest BCUT2D eigenvalue weighted by Gasteiger charge is 2.36. The standard InChI is InChI=1S/C22H18F3N7O3/c1-3-34-18-7-4-13-12-31(15-5-6-17-14(8-15)11-30(2)29-17)21(33)32(19(13)28-18)16-9-26-20(27-10-16)35-22(23,24)25/h4-11H,3,12H2,1-2H3. The van der Waals surface area contributed by atoms with Gasteiger partial charge in [0, 0.05) is 35.9 Å². The number of hydrogen-bond acceptors (Lipinski definition) is 7. The maximum absolute atomic E-state index is 13.7. The van der Waals surface area contributed by atoms with Crippen LogP contribution in [0.3, 0.4) is 0 Å². The molecule has 1 aliphatic heterocycles. The lowest BCUT2D eigenvalue weighted by Crippen LogP contribution is -2.45. The predicted molar refractivity (Wildman–Crippen MR) is 119 cm³/mol. The van der Waals surface area contributed by atoms with Crippen LogP contribution in [0.1, 0.15) is 12.5 Å². The molecule has 0 atom stereocenters. The van der Waals surface area contributed by atoms with Gasteiger partial charge in [0.2, 0.25) is 5.88 Å². The van der Waals surface area contributed by atoms with Crippen molar-refractivity contribution in [1.82, 2.24) is 24.7 Å². The highest BCUT2D eigenvalue weighted by molar-refractivity contribution is 6.10. The van der Waals surface area contributed by atoms with E-state index in [1.807, 2.05) is 12.3 Å². The summed E-state index contributed by atoms with van der Waals surface area (Å²) in [7, 11) is 1.80. The van der Waals surface area contributed by atoms with Crippen LogP contribution in [0.15, 0.2) is 48.9 Å². The molecule has 1 aromatic carbocycles. The number of carbonyl (C=O) groups is 1. The number of aromatic nitrogens is 5. The fourth-order valence-electron chi connectivity index (χ4n) is 3.77. The van der Waals surface area contributed by atoms with Crippen molar-refractivity contribution in [1.29, 1.82) is 0 Å². The highest BCUT2D eigenvalue weighted by atomic mass is 19.4. The molecule has 13 heteroatoms. The van der Waals surface area contributed by atoms with Crippen molar-refractivity contribution in [2.45, 2.75) is 19.8 Å². The van der Waals surface area contributed by atoms with Crippen LogP contribution in [0, 0.1) is 0 Å². The molecule has 35 heavy (non-hydrogen) atoms. The molecule has 2 amide bonds. The minimum atomic E-state index is -4.94. The number of urea groups is 1. The van der Waals surface area contributed by atoms with Gasteiger partial charge in [0.05, 0.1) is 36.7 Å². The summed E-state index contributed by atoms with van der Waals surface area (Å²) < 4.78 is 48.5. The third kappa shape index (κ3) is 4.39. The van der Waals surface area contributed by atoms with Gasteiger partial charge in [0.15, 0.2) is 0 Å². The van der Waals surface area contributed by atoms with E-state index in [1.165, 1.54) is 9.80 Å². The van der Waals surface area contributed by atoms with Crippen LogP contribution in [0.5, 0.6) is 11.9 Å². The van der Waals surface area contributed by atoms with Gasteiger partial charge >= 0.3 is 18.4 Å². The summed E-state index contributed by atoms with van der Waals surface area (Å²) in [6.07, 6.45) is -0.968. The summed E-state index contributed by atoms with van der Waals surface area (Å²) in [6.45, 7) is 2.38. The number of anilines is 3. The summed E-state index contributed by atoms with van der Waals surface area (Å²) in [5.41, 5.74) is 2.18. The molecule has 4 heterocycles. The zero-order valence-corrected chi connectivity index (χ0v) is 18.5. The number of rotatable bonds is 5. The van der Waals surface area contributed by atoms with Crippen molar-refractivity contribution >= 4 is 34.1 Å². The zero-order valence-electron chi connectivity index (χ0n) is 18.5. The molecule has 0 bridgehead atoms. The minimum absolute atomic E-state index is 0.110. The first-order valence-corrected chi connectivity index (χ1v) is 10.5. The van der Waals surface area contributed by atoms with Gasteiger partial charge in [-0.05, 0) is 31.2 Å². The van der Waals surface area contributed by atoms with Gasteiger partial charge in [-0.3, -0.25) is 9.58 Å². The maximum Gasteiger partial charge on any atom is 0.575 e. The maximum atomic E-state index is 13.7. The Morgan fingerprint density at radius 2 is 1.86 bits per heavy atom. The average Bonchev–Trinajstić information content (AvgIpc) is 3.18. The molecule has 0 N–H and O–H groups in total. The van der Waals surface area contributed by atoms with Gasteiger partial charge in [-0.15, -0.1) is 13.2 Å². The third-order valence-corrected chi connectivity index (χ3v) is 5.18. The smallest absolute Gasteiger partial charge is 0.478 e. The summed E-state index contributed by atoms with van der Waals surface area (Å²) in [6, 6.07) is 7.51. The molecule has 0 unspecified atom stereocenters. The van der Waals surface area contributed by atoms with Gasteiger partial charge in [-0.1, -0.05) is 0 Å². The number of benzene rings is 1. The van der Waals surface area contributed by atoms with Crippen LogP contribution in [-0.4, -0.2) is 43.7 Å². The van der Waals surface area contributed by atoms with Gasteiger partial charge < -0.3 is 9.47 Å². The lowest BCUT2D eigenvalue weighted by atomic mass is 10.1. The Morgan fingerprint density at radius 3 is 2.57 bits per heavy atom. The van der Waals surface area contributed by atoms with Gasteiger partial charge in [-0.2, -0.15) is 10.1 Å². The lowest BCUT2D eigenvalue weighted by molar-refractivity contribution is -0.277. The Labute approximate surface area is 196 Å². The molecular weight excluding hydrogens is 467 g/mol. The molecule has 180 valence electrons. The number of amides is 2. The molecule has 1 aliphatic rings. The summed E-state index contributed by atoms with van der Waals surface area (Å²) in [5, 5.41) is 5.19. The zero-order chi connectivity index (χ0) is 24.7. The van der Waals surface area contributed by atoms with Crippen molar-refractivity contribution < 1.29 is 27.4 Å². The van der Waals surface area contributed by atoms with Crippen LogP contribution in [0.2, 0.25) is 0 Å². The topological polar surface area (TPSA) is 98.5 Å². The van der Waals surface area contributed by atoms with Crippen molar-refractivity contribution in [3.63, 3.8) is 0 Å². The molecule has 0 saturated heterocycles. The number of halogens is 3. The lowest BCUT2D eigenvalue weighted by Gasteiger charge is -2.36. The molecule has 5 rings (SSSR count). The number of nitrogens with zero attached hydrogens (tertiary/aromatic N) is 7. The third-order valence-electron chi connectivity index (χ3n) is 5.18. The first kappa shape index (κ1) is 22.4. The van der Waals surface area contributed by atoms with E-state index in [0.29, 0.717) is 23.7 Å². The number of ether oxygens (including phenoxy) is 2. The Hall–Kier alpha value is -4.42. The Bertz CT molecular complexity index is 1410. The summed E-state index contributed by atoms with van der Waals surface area (Å²) >= 11 is 0. The molecule has 10 nitrogen and oxygen atoms in total. The number of hydrogen-bond donors (Lipinski definition) is 0. The van der Waals surface area contributed by atoms with E-state index in [0.717, 1.165) is 23.3 Å². The molecule has 0 radical (unpaired) electrons. The largest absolute Gasteiger partial charge is 0.575 e. The SMILES string of the molecule is CCOc1ccc2c(n1)N(c1cnc(OC(F)(F)F)nc1)C(=O)N(c1ccc3nn(C)cc3c1)C2. The van der Waals surface area contributed by atoms with Gasteiger partial charge in [0.1, 0.15) is 5.82 Å². The van der Waals surface area contributed by atoms with E-state index >= 15 is 0 Å². The molecule has 0 spiro atoms. The first-order valence-electron chi connectivity index (χ1n) is 10.5. The highest BCUT2D eigenvalue weighted by Crippen LogP contribution is 2.37. The number of carbonyl (C=O) groups excluding carboxylic acids is 1. The molecular formula is C22H18F3N7O3. The fraction of sp³-hybridized carbons (Fsp3) is 0.227. The number of alkyl halides is 3. The Balaban J connectivity index is 1.57. The van der Waals surface area contributed by atoms with Crippen molar-refractivity contribution in [2.75, 3.05) is 16.4 Å². The van der Waals surface area contributed by atoms with Crippen molar-refractivity contribution in [2.24, 2.45) is 7.05 Å². The predicted octanol–water partition coefficient (Wildman–Crippen LogP) is 4.33. The molecule has 0 saturated carbocycles. The van der Waals surface area contributed by atoms with Crippen LogP contribution in [0.4, 0.5) is 35.2 Å². The van der Waals surface area contributed by atoms with E-state index in [9.17, 15) is 18.0 Å². The monoisotopic (exact) mass is 485 g/mol. The Kier molecular flexibility index (Phi) is 5.38. The number of aryl methyl sites for hydroxylation is 1. The van der Waals surface area contributed by atoms with Gasteiger partial charge in [0.25, 0.3) is 0 Å². The second kappa shape index (κ2) is 8.42. The van der Waals surface area contributed by atoms with Crippen LogP contribution in [-0.2, 0) is 13.6 Å².